The number of rotatable bonds is 5. The fourth-order valence-corrected chi connectivity index (χ4v) is 2.60. The van der Waals surface area contributed by atoms with Crippen LogP contribution in [0.4, 0.5) is 0 Å². The van der Waals surface area contributed by atoms with Gasteiger partial charge in [-0.05, 0) is 48.1 Å². The lowest BCUT2D eigenvalue weighted by Crippen LogP contribution is -2.08. The summed E-state index contributed by atoms with van der Waals surface area (Å²) in [6.07, 6.45) is 0. The van der Waals surface area contributed by atoms with Crippen LogP contribution < -0.4 is 9.47 Å². The monoisotopic (exact) mass is 330 g/mol. The molecular formula is C19H22O5. The lowest BCUT2D eigenvalue weighted by molar-refractivity contribution is -0.131. The SMILES string of the molecule is CCOC(=O)c1cc(OC(C)=O)c2cc(OC)cc(C(C)C)c2c1. The van der Waals surface area contributed by atoms with Gasteiger partial charge in [0.15, 0.2) is 0 Å². The molecule has 128 valence electrons. The van der Waals surface area contributed by atoms with Crippen LogP contribution in [0.3, 0.4) is 0 Å². The average Bonchev–Trinajstić information content (AvgIpc) is 2.53. The number of methoxy groups -OCH3 is 1. The summed E-state index contributed by atoms with van der Waals surface area (Å²) in [5.41, 5.74) is 1.36. The standard InChI is InChI=1S/C19H22O5/c1-6-23-19(21)13-7-16-15(11(2)3)9-14(22-5)10-17(16)18(8-13)24-12(4)20/h7-11H,6H2,1-5H3. The zero-order chi connectivity index (χ0) is 17.9. The Balaban J connectivity index is 2.79. The minimum atomic E-state index is -0.453. The van der Waals surface area contributed by atoms with E-state index in [9.17, 15) is 9.59 Å². The Morgan fingerprint density at radius 2 is 1.79 bits per heavy atom. The molecule has 0 saturated heterocycles. The third kappa shape index (κ3) is 3.67. The minimum Gasteiger partial charge on any atom is -0.497 e. The molecule has 2 aromatic carbocycles. The fraction of sp³-hybridized carbons (Fsp3) is 0.368. The van der Waals surface area contributed by atoms with Crippen LogP contribution in [0.1, 0.15) is 49.5 Å². The van der Waals surface area contributed by atoms with E-state index in [1.807, 2.05) is 6.07 Å². The van der Waals surface area contributed by atoms with Crippen molar-refractivity contribution < 1.29 is 23.8 Å². The van der Waals surface area contributed by atoms with E-state index in [0.29, 0.717) is 17.1 Å². The number of esters is 2. The van der Waals surface area contributed by atoms with E-state index in [-0.39, 0.29) is 12.5 Å². The summed E-state index contributed by atoms with van der Waals surface area (Å²) < 4.78 is 15.8. The van der Waals surface area contributed by atoms with Crippen LogP contribution >= 0.6 is 0 Å². The summed E-state index contributed by atoms with van der Waals surface area (Å²) >= 11 is 0. The molecule has 0 fully saturated rings. The number of fused-ring (bicyclic) bond motifs is 1. The van der Waals surface area contributed by atoms with Gasteiger partial charge < -0.3 is 14.2 Å². The van der Waals surface area contributed by atoms with Crippen LogP contribution in [0.2, 0.25) is 0 Å². The van der Waals surface area contributed by atoms with Crippen LogP contribution in [-0.2, 0) is 9.53 Å². The molecule has 0 aromatic heterocycles. The minimum absolute atomic E-state index is 0.199. The van der Waals surface area contributed by atoms with E-state index < -0.39 is 11.9 Å². The summed E-state index contributed by atoms with van der Waals surface area (Å²) in [7, 11) is 1.59. The van der Waals surface area contributed by atoms with Crippen molar-refractivity contribution >= 4 is 22.7 Å². The van der Waals surface area contributed by atoms with Gasteiger partial charge in [-0.2, -0.15) is 0 Å². The van der Waals surface area contributed by atoms with Gasteiger partial charge in [0.1, 0.15) is 11.5 Å². The Morgan fingerprint density at radius 3 is 2.33 bits per heavy atom. The topological polar surface area (TPSA) is 61.8 Å². The van der Waals surface area contributed by atoms with E-state index in [0.717, 1.165) is 16.3 Å². The van der Waals surface area contributed by atoms with Gasteiger partial charge in [0.25, 0.3) is 0 Å². The van der Waals surface area contributed by atoms with Gasteiger partial charge >= 0.3 is 11.9 Å². The molecule has 0 N–H and O–H groups in total. The summed E-state index contributed by atoms with van der Waals surface area (Å²) in [6, 6.07) is 7.04. The Labute approximate surface area is 141 Å². The third-order valence-corrected chi connectivity index (χ3v) is 3.66. The maximum atomic E-state index is 12.1. The molecular weight excluding hydrogens is 308 g/mol. The number of benzene rings is 2. The van der Waals surface area contributed by atoms with Crippen LogP contribution in [-0.4, -0.2) is 25.7 Å². The molecule has 0 aliphatic rings. The predicted octanol–water partition coefficient (Wildman–Crippen LogP) is 4.07. The number of hydrogen-bond donors (Lipinski definition) is 0. The molecule has 5 heteroatoms. The van der Waals surface area contributed by atoms with Gasteiger partial charge in [-0.25, -0.2) is 4.79 Å². The molecule has 0 unspecified atom stereocenters. The van der Waals surface area contributed by atoms with Gasteiger partial charge in [-0.15, -0.1) is 0 Å². The molecule has 0 aliphatic carbocycles. The summed E-state index contributed by atoms with van der Waals surface area (Å²) in [6.45, 7) is 7.45. The first-order valence-electron chi connectivity index (χ1n) is 7.88. The Morgan fingerprint density at radius 1 is 1.08 bits per heavy atom. The van der Waals surface area contributed by atoms with Crippen molar-refractivity contribution in [2.45, 2.75) is 33.6 Å². The first-order valence-corrected chi connectivity index (χ1v) is 7.88. The zero-order valence-electron chi connectivity index (χ0n) is 14.6. The number of carbonyl (C=O) groups is 2. The predicted molar refractivity (Wildman–Crippen MR) is 91.9 cm³/mol. The molecule has 0 radical (unpaired) electrons. The molecule has 2 aromatic rings. The molecule has 0 heterocycles. The first kappa shape index (κ1) is 17.8. The highest BCUT2D eigenvalue weighted by Gasteiger charge is 2.18. The molecule has 24 heavy (non-hydrogen) atoms. The van der Waals surface area contributed by atoms with Crippen molar-refractivity contribution in [3.63, 3.8) is 0 Å². The lowest BCUT2D eigenvalue weighted by atomic mass is 9.93. The highest BCUT2D eigenvalue weighted by atomic mass is 16.5. The van der Waals surface area contributed by atoms with Gasteiger partial charge in [0.05, 0.1) is 19.3 Å². The molecule has 5 nitrogen and oxygen atoms in total. The van der Waals surface area contributed by atoms with Crippen molar-refractivity contribution in [3.05, 3.63) is 35.4 Å². The van der Waals surface area contributed by atoms with Crippen molar-refractivity contribution in [2.75, 3.05) is 13.7 Å². The average molecular weight is 330 g/mol. The molecule has 0 atom stereocenters. The van der Waals surface area contributed by atoms with Crippen molar-refractivity contribution in [3.8, 4) is 11.5 Å². The molecule has 0 spiro atoms. The summed E-state index contributed by atoms with van der Waals surface area (Å²) in [4.78, 5) is 23.6. The van der Waals surface area contributed by atoms with E-state index in [1.54, 1.807) is 26.2 Å². The third-order valence-electron chi connectivity index (χ3n) is 3.66. The largest absolute Gasteiger partial charge is 0.497 e. The van der Waals surface area contributed by atoms with Gasteiger partial charge in [0, 0.05) is 12.3 Å². The van der Waals surface area contributed by atoms with E-state index in [1.165, 1.54) is 13.0 Å². The second-order valence-corrected chi connectivity index (χ2v) is 5.75. The quantitative estimate of drug-likeness (QED) is 0.611. The molecule has 0 aliphatic heterocycles. The highest BCUT2D eigenvalue weighted by Crippen LogP contribution is 2.37. The molecule has 2 rings (SSSR count). The highest BCUT2D eigenvalue weighted by molar-refractivity contribution is 6.01. The van der Waals surface area contributed by atoms with E-state index >= 15 is 0 Å². The molecule has 0 amide bonds. The second kappa shape index (κ2) is 7.34. The second-order valence-electron chi connectivity index (χ2n) is 5.75. The normalized spacial score (nSPS) is 10.8. The zero-order valence-corrected chi connectivity index (χ0v) is 14.6. The fourth-order valence-electron chi connectivity index (χ4n) is 2.60. The molecule has 0 saturated carbocycles. The van der Waals surface area contributed by atoms with E-state index in [2.05, 4.69) is 13.8 Å². The van der Waals surface area contributed by atoms with Crippen molar-refractivity contribution in [1.29, 1.82) is 0 Å². The van der Waals surface area contributed by atoms with E-state index in [4.69, 9.17) is 14.2 Å². The number of hydrogen-bond acceptors (Lipinski definition) is 5. The van der Waals surface area contributed by atoms with Gasteiger partial charge in [0.2, 0.25) is 0 Å². The van der Waals surface area contributed by atoms with Crippen molar-refractivity contribution in [2.24, 2.45) is 0 Å². The maximum absolute atomic E-state index is 12.1. The number of carbonyl (C=O) groups excluding carboxylic acids is 2. The first-order chi connectivity index (χ1) is 11.4. The van der Waals surface area contributed by atoms with Crippen molar-refractivity contribution in [1.82, 2.24) is 0 Å². The summed E-state index contributed by atoms with van der Waals surface area (Å²) in [5.74, 6) is 0.294. The van der Waals surface area contributed by atoms with Crippen LogP contribution in [0.5, 0.6) is 11.5 Å². The number of ether oxygens (including phenoxy) is 3. The lowest BCUT2D eigenvalue weighted by Gasteiger charge is -2.16. The van der Waals surface area contributed by atoms with Crippen LogP contribution in [0, 0.1) is 0 Å². The Kier molecular flexibility index (Phi) is 5.44. The summed E-state index contributed by atoms with van der Waals surface area (Å²) in [5, 5.41) is 1.56. The smallest absolute Gasteiger partial charge is 0.338 e. The van der Waals surface area contributed by atoms with Gasteiger partial charge in [-0.3, -0.25) is 4.79 Å². The Hall–Kier alpha value is -2.56. The van der Waals surface area contributed by atoms with Crippen LogP contribution in [0.15, 0.2) is 24.3 Å². The van der Waals surface area contributed by atoms with Crippen LogP contribution in [0.25, 0.3) is 10.8 Å². The Bertz CT molecular complexity index is 777. The van der Waals surface area contributed by atoms with Gasteiger partial charge in [-0.1, -0.05) is 13.8 Å². The molecule has 0 bridgehead atoms. The maximum Gasteiger partial charge on any atom is 0.338 e.